The first-order valence-corrected chi connectivity index (χ1v) is 10.2. The topological polar surface area (TPSA) is 118 Å². The van der Waals surface area contributed by atoms with Gasteiger partial charge in [0, 0.05) is 12.2 Å². The Labute approximate surface area is 187 Å². The lowest BCUT2D eigenvalue weighted by Gasteiger charge is -2.13. The van der Waals surface area contributed by atoms with E-state index in [0.717, 1.165) is 16.8 Å². The molecule has 2 aromatic rings. The van der Waals surface area contributed by atoms with E-state index >= 15 is 0 Å². The van der Waals surface area contributed by atoms with Crippen molar-refractivity contribution in [3.05, 3.63) is 53.1 Å². The number of hydrogen-bond donors (Lipinski definition) is 3. The normalized spacial score (nSPS) is 10.5. The second-order valence-electron chi connectivity index (χ2n) is 6.85. The number of likely N-dealkylation sites (N-methyl/N-ethyl adjacent to an activating group) is 1. The molecule has 0 heterocycles. The van der Waals surface area contributed by atoms with Gasteiger partial charge in [0.2, 0.25) is 0 Å². The highest BCUT2D eigenvalue weighted by atomic mass is 16.5. The highest BCUT2D eigenvalue weighted by molar-refractivity contribution is 6.35. The first kappa shape index (κ1) is 24.4. The highest BCUT2D eigenvalue weighted by Gasteiger charge is 2.12. The Bertz CT molecular complexity index is 1000. The SMILES string of the molecule is CCNC(=O)C(=O)N/N=C\c1ccc(OCC(=O)Nc2ccc(C)cc2C)c(OCC)c1. The Morgan fingerprint density at radius 3 is 2.44 bits per heavy atom. The number of hydrogen-bond acceptors (Lipinski definition) is 6. The molecule has 0 radical (unpaired) electrons. The van der Waals surface area contributed by atoms with Crippen LogP contribution in [0.3, 0.4) is 0 Å². The monoisotopic (exact) mass is 440 g/mol. The molecule has 0 atom stereocenters. The van der Waals surface area contributed by atoms with Crippen molar-refractivity contribution in [2.75, 3.05) is 25.1 Å². The molecular weight excluding hydrogens is 412 g/mol. The Morgan fingerprint density at radius 1 is 0.969 bits per heavy atom. The maximum atomic E-state index is 12.3. The van der Waals surface area contributed by atoms with Gasteiger partial charge < -0.3 is 20.1 Å². The molecule has 0 unspecified atom stereocenters. The molecular formula is C23H28N4O5. The summed E-state index contributed by atoms with van der Waals surface area (Å²) in [5.74, 6) is -1.10. The number of anilines is 1. The van der Waals surface area contributed by atoms with Gasteiger partial charge in [-0.15, -0.1) is 0 Å². The van der Waals surface area contributed by atoms with Gasteiger partial charge in [-0.05, 0) is 63.1 Å². The lowest BCUT2D eigenvalue weighted by molar-refractivity contribution is -0.139. The number of rotatable bonds is 9. The Hall–Kier alpha value is -3.88. The molecule has 0 aliphatic heterocycles. The van der Waals surface area contributed by atoms with Crippen LogP contribution in [0, 0.1) is 13.8 Å². The number of benzene rings is 2. The summed E-state index contributed by atoms with van der Waals surface area (Å²) in [6.07, 6.45) is 1.37. The van der Waals surface area contributed by atoms with Crippen LogP contribution in [0.15, 0.2) is 41.5 Å². The molecule has 0 spiro atoms. The second kappa shape index (κ2) is 12.1. The quantitative estimate of drug-likeness (QED) is 0.314. The van der Waals surface area contributed by atoms with Gasteiger partial charge in [-0.2, -0.15) is 5.10 Å². The number of ether oxygens (including phenoxy) is 2. The number of nitrogens with one attached hydrogen (secondary N) is 3. The summed E-state index contributed by atoms with van der Waals surface area (Å²) in [6.45, 7) is 7.99. The van der Waals surface area contributed by atoms with Crippen LogP contribution in [0.4, 0.5) is 5.69 Å². The molecule has 0 fully saturated rings. The summed E-state index contributed by atoms with van der Waals surface area (Å²) in [5.41, 5.74) is 5.57. The lowest BCUT2D eigenvalue weighted by atomic mass is 10.1. The summed E-state index contributed by atoms with van der Waals surface area (Å²) in [5, 5.41) is 8.97. The molecule has 170 valence electrons. The van der Waals surface area contributed by atoms with E-state index in [1.165, 1.54) is 6.21 Å². The average molecular weight is 441 g/mol. The molecule has 9 nitrogen and oxygen atoms in total. The molecule has 0 saturated carbocycles. The predicted octanol–water partition coefficient (Wildman–Crippen LogP) is 2.31. The van der Waals surface area contributed by atoms with Crippen LogP contribution in [0.2, 0.25) is 0 Å². The fourth-order valence-electron chi connectivity index (χ4n) is 2.73. The summed E-state index contributed by atoms with van der Waals surface area (Å²) >= 11 is 0. The fraction of sp³-hybridized carbons (Fsp3) is 0.304. The van der Waals surface area contributed by atoms with E-state index in [9.17, 15) is 14.4 Å². The van der Waals surface area contributed by atoms with Crippen molar-refractivity contribution in [3.63, 3.8) is 0 Å². The molecule has 2 aromatic carbocycles. The van der Waals surface area contributed by atoms with Gasteiger partial charge >= 0.3 is 11.8 Å². The lowest BCUT2D eigenvalue weighted by Crippen LogP contribution is -2.37. The molecule has 0 aliphatic carbocycles. The zero-order valence-corrected chi connectivity index (χ0v) is 18.7. The van der Waals surface area contributed by atoms with Gasteiger partial charge in [0.05, 0.1) is 12.8 Å². The van der Waals surface area contributed by atoms with E-state index < -0.39 is 11.8 Å². The van der Waals surface area contributed by atoms with Gasteiger partial charge in [0.15, 0.2) is 18.1 Å². The predicted molar refractivity (Wildman–Crippen MR) is 122 cm³/mol. The number of hydrazone groups is 1. The van der Waals surface area contributed by atoms with Crippen LogP contribution in [0.25, 0.3) is 0 Å². The van der Waals surface area contributed by atoms with Crippen molar-refractivity contribution in [3.8, 4) is 11.5 Å². The molecule has 9 heteroatoms. The summed E-state index contributed by atoms with van der Waals surface area (Å²) in [6, 6.07) is 10.7. The van der Waals surface area contributed by atoms with Crippen molar-refractivity contribution in [2.45, 2.75) is 27.7 Å². The molecule has 0 bridgehead atoms. The molecule has 0 aliphatic rings. The maximum Gasteiger partial charge on any atom is 0.329 e. The Balaban J connectivity index is 1.99. The third kappa shape index (κ3) is 7.42. The van der Waals surface area contributed by atoms with Crippen molar-refractivity contribution < 1.29 is 23.9 Å². The number of nitrogens with zero attached hydrogens (tertiary/aromatic N) is 1. The summed E-state index contributed by atoms with van der Waals surface area (Å²) in [4.78, 5) is 35.2. The van der Waals surface area contributed by atoms with E-state index in [4.69, 9.17) is 9.47 Å². The van der Waals surface area contributed by atoms with E-state index in [2.05, 4.69) is 21.2 Å². The number of aryl methyl sites for hydroxylation is 2. The third-order valence-corrected chi connectivity index (χ3v) is 4.21. The Morgan fingerprint density at radius 2 is 1.75 bits per heavy atom. The number of carbonyl (C=O) groups is 3. The molecule has 3 amide bonds. The van der Waals surface area contributed by atoms with Crippen LogP contribution >= 0.6 is 0 Å². The molecule has 0 saturated heterocycles. The number of amides is 3. The standard InChI is InChI=1S/C23H28N4O5/c1-5-24-22(29)23(30)27-25-13-17-8-10-19(20(12-17)31-6-2)32-14-21(28)26-18-9-7-15(3)11-16(18)4/h7-13H,5-6,14H2,1-4H3,(H,24,29)(H,26,28)(H,27,30)/b25-13-. The van der Waals surface area contributed by atoms with E-state index in [-0.39, 0.29) is 12.5 Å². The van der Waals surface area contributed by atoms with Gasteiger partial charge in [-0.3, -0.25) is 14.4 Å². The maximum absolute atomic E-state index is 12.3. The van der Waals surface area contributed by atoms with Gasteiger partial charge in [0.25, 0.3) is 5.91 Å². The van der Waals surface area contributed by atoms with Crippen LogP contribution < -0.4 is 25.5 Å². The van der Waals surface area contributed by atoms with Crippen molar-refractivity contribution >= 4 is 29.6 Å². The molecule has 0 aromatic heterocycles. The summed E-state index contributed by atoms with van der Waals surface area (Å²) in [7, 11) is 0. The van der Waals surface area contributed by atoms with Crippen LogP contribution in [0.5, 0.6) is 11.5 Å². The first-order valence-electron chi connectivity index (χ1n) is 10.2. The molecule has 32 heavy (non-hydrogen) atoms. The van der Waals surface area contributed by atoms with Crippen molar-refractivity contribution in [1.29, 1.82) is 0 Å². The van der Waals surface area contributed by atoms with Crippen LogP contribution in [-0.4, -0.2) is 43.7 Å². The van der Waals surface area contributed by atoms with E-state index in [1.54, 1.807) is 25.1 Å². The van der Waals surface area contributed by atoms with Crippen LogP contribution in [0.1, 0.15) is 30.5 Å². The zero-order valence-electron chi connectivity index (χ0n) is 18.7. The largest absolute Gasteiger partial charge is 0.490 e. The Kier molecular flexibility index (Phi) is 9.22. The van der Waals surface area contributed by atoms with Crippen molar-refractivity contribution in [1.82, 2.24) is 10.7 Å². The molecule has 2 rings (SSSR count). The van der Waals surface area contributed by atoms with Crippen molar-refractivity contribution in [2.24, 2.45) is 5.10 Å². The zero-order chi connectivity index (χ0) is 23.5. The van der Waals surface area contributed by atoms with E-state index in [1.807, 2.05) is 39.0 Å². The van der Waals surface area contributed by atoms with Gasteiger partial charge in [-0.25, -0.2) is 5.43 Å². The smallest absolute Gasteiger partial charge is 0.329 e. The summed E-state index contributed by atoms with van der Waals surface area (Å²) < 4.78 is 11.2. The minimum absolute atomic E-state index is 0.191. The van der Waals surface area contributed by atoms with Gasteiger partial charge in [0.1, 0.15) is 0 Å². The first-order chi connectivity index (χ1) is 15.3. The number of carbonyl (C=O) groups excluding carboxylic acids is 3. The molecule has 3 N–H and O–H groups in total. The second-order valence-corrected chi connectivity index (χ2v) is 6.85. The van der Waals surface area contributed by atoms with Gasteiger partial charge in [-0.1, -0.05) is 17.7 Å². The minimum Gasteiger partial charge on any atom is -0.490 e. The van der Waals surface area contributed by atoms with E-state index in [0.29, 0.717) is 30.2 Å². The highest BCUT2D eigenvalue weighted by Crippen LogP contribution is 2.28. The fourth-order valence-corrected chi connectivity index (χ4v) is 2.73. The average Bonchev–Trinajstić information content (AvgIpc) is 2.75. The third-order valence-electron chi connectivity index (χ3n) is 4.21. The minimum atomic E-state index is -0.858. The van der Waals surface area contributed by atoms with Crippen LogP contribution in [-0.2, 0) is 14.4 Å².